The van der Waals surface area contributed by atoms with E-state index >= 15 is 0 Å². The third kappa shape index (κ3) is 5.96. The highest BCUT2D eigenvalue weighted by molar-refractivity contribution is 7.89. The Morgan fingerprint density at radius 1 is 1.17 bits per heavy atom. The van der Waals surface area contributed by atoms with Gasteiger partial charge >= 0.3 is 5.97 Å². The molecule has 2 aromatic carbocycles. The minimum Gasteiger partial charge on any atom is -0.490 e. The summed E-state index contributed by atoms with van der Waals surface area (Å²) < 4.78 is 29.0. The number of nitrogens with two attached hydrogens (primary N) is 1. The summed E-state index contributed by atoms with van der Waals surface area (Å²) in [6.07, 6.45) is 6.78. The summed E-state index contributed by atoms with van der Waals surface area (Å²) in [5, 5.41) is 27.0. The first-order valence-corrected chi connectivity index (χ1v) is 16.8. The average Bonchev–Trinajstić information content (AvgIpc) is 3.69. The number of carboxylic acid groups (broad SMARTS) is 1. The van der Waals surface area contributed by atoms with Crippen LogP contribution >= 0.6 is 11.6 Å². The van der Waals surface area contributed by atoms with Gasteiger partial charge in [-0.3, -0.25) is 0 Å². The van der Waals surface area contributed by atoms with E-state index < -0.39 is 22.1 Å². The number of benzene rings is 2. The number of sulfonamides is 1. The molecular formula is C31H39ClN2O6S. The molecule has 1 heterocycles. The molecule has 4 aliphatic rings. The van der Waals surface area contributed by atoms with Gasteiger partial charge in [-0.1, -0.05) is 17.7 Å². The Balaban J connectivity index is 1.23. The summed E-state index contributed by atoms with van der Waals surface area (Å²) in [6.45, 7) is 1.93. The lowest BCUT2D eigenvalue weighted by Gasteiger charge is -2.46. The van der Waals surface area contributed by atoms with Gasteiger partial charge in [-0.05, 0) is 116 Å². The van der Waals surface area contributed by atoms with Gasteiger partial charge in [0.15, 0.2) is 0 Å². The van der Waals surface area contributed by atoms with Gasteiger partial charge in [0.25, 0.3) is 0 Å². The van der Waals surface area contributed by atoms with Crippen LogP contribution in [0.15, 0.2) is 36.4 Å². The number of aliphatic hydroxyl groups excluding tert-OH is 1. The molecule has 0 aromatic heterocycles. The Morgan fingerprint density at radius 2 is 2.00 bits per heavy atom. The van der Waals surface area contributed by atoms with E-state index in [9.17, 15) is 23.4 Å². The number of aliphatic hydroxyl groups is 1. The summed E-state index contributed by atoms with van der Waals surface area (Å²) in [4.78, 5) is 14.2. The van der Waals surface area contributed by atoms with Crippen molar-refractivity contribution < 1.29 is 28.2 Å². The second kappa shape index (κ2) is 11.1. The SMILES string of the molecule is NS(=O)(=O)CCC[C@H]1C[C@@H]1C(O)[C@@H]1CC[C@H]1CN1C[C@@]2(CCCc3cc(Cl)ccc32)COc2ccc(C(=O)O)cc21. The number of rotatable bonds is 9. The molecule has 222 valence electrons. The van der Waals surface area contributed by atoms with Crippen molar-refractivity contribution in [1.82, 2.24) is 0 Å². The molecular weight excluding hydrogens is 564 g/mol. The van der Waals surface area contributed by atoms with Gasteiger partial charge in [-0.25, -0.2) is 18.4 Å². The molecule has 6 atom stereocenters. The molecule has 3 aliphatic carbocycles. The number of fused-ring (bicyclic) bond motifs is 3. The number of nitrogens with zero attached hydrogens (tertiary/aromatic N) is 1. The normalized spacial score (nSPS) is 29.5. The average molecular weight is 603 g/mol. The van der Waals surface area contributed by atoms with E-state index in [1.165, 1.54) is 11.1 Å². The number of primary sulfonamides is 1. The fourth-order valence-electron chi connectivity index (χ4n) is 7.69. The van der Waals surface area contributed by atoms with Crippen molar-refractivity contribution in [3.63, 3.8) is 0 Å². The first kappa shape index (κ1) is 28.8. The molecule has 8 nitrogen and oxygen atoms in total. The van der Waals surface area contributed by atoms with Gasteiger partial charge in [0.1, 0.15) is 5.75 Å². The van der Waals surface area contributed by atoms with Crippen LogP contribution in [0.2, 0.25) is 5.02 Å². The zero-order chi connectivity index (χ0) is 28.9. The van der Waals surface area contributed by atoms with Crippen molar-refractivity contribution in [2.75, 3.05) is 30.3 Å². The molecule has 4 N–H and O–H groups in total. The molecule has 1 unspecified atom stereocenters. The molecule has 0 amide bonds. The van der Waals surface area contributed by atoms with Crippen LogP contribution in [0.25, 0.3) is 0 Å². The fourth-order valence-corrected chi connectivity index (χ4v) is 8.45. The molecule has 1 spiro atoms. The lowest BCUT2D eigenvalue weighted by Crippen LogP contribution is -2.50. The standard InChI is InChI=1S/C31H39ClN2O6S/c32-23-7-9-26-20(13-23)3-1-11-31(26)17-34(27-15-21(30(36)37)6-10-28(27)40-18-31)16-22-5-8-24(22)29(35)25-14-19(25)4-2-12-41(33,38)39/h6-7,9-10,13,15,19,22,24-25,29,35H,1-5,8,11-12,14,16-18H2,(H,36,37)(H2,33,38,39)/t19-,22-,24+,25-,29?,31-/m0/s1. The van der Waals surface area contributed by atoms with E-state index in [2.05, 4.69) is 17.0 Å². The van der Waals surface area contributed by atoms with Crippen LogP contribution in [0.5, 0.6) is 5.75 Å². The zero-order valence-electron chi connectivity index (χ0n) is 23.2. The topological polar surface area (TPSA) is 130 Å². The van der Waals surface area contributed by atoms with E-state index in [0.717, 1.165) is 55.7 Å². The summed E-state index contributed by atoms with van der Waals surface area (Å²) in [5.74, 6) is 0.733. The van der Waals surface area contributed by atoms with E-state index in [-0.39, 0.29) is 34.5 Å². The van der Waals surface area contributed by atoms with Gasteiger partial charge in [-0.2, -0.15) is 0 Å². The van der Waals surface area contributed by atoms with Crippen molar-refractivity contribution in [2.45, 2.75) is 62.9 Å². The van der Waals surface area contributed by atoms with Crippen molar-refractivity contribution in [3.05, 3.63) is 58.1 Å². The van der Waals surface area contributed by atoms with Crippen LogP contribution in [0.1, 0.15) is 66.4 Å². The number of ether oxygens (including phenoxy) is 1. The Labute approximate surface area is 246 Å². The number of hydrogen-bond donors (Lipinski definition) is 3. The molecule has 10 heteroatoms. The molecule has 0 saturated heterocycles. The fraction of sp³-hybridized carbons (Fsp3) is 0.581. The number of halogens is 1. The highest BCUT2D eigenvalue weighted by atomic mass is 35.5. The Hall–Kier alpha value is -2.33. The number of hydrogen-bond acceptors (Lipinski definition) is 6. The van der Waals surface area contributed by atoms with Crippen LogP contribution in [-0.4, -0.2) is 56.2 Å². The van der Waals surface area contributed by atoms with Crippen LogP contribution in [0.4, 0.5) is 5.69 Å². The van der Waals surface area contributed by atoms with E-state index in [1.807, 2.05) is 6.07 Å². The second-order valence-electron chi connectivity index (χ2n) is 12.8. The highest BCUT2D eigenvalue weighted by Gasteiger charge is 2.50. The summed E-state index contributed by atoms with van der Waals surface area (Å²) in [7, 11) is -3.45. The molecule has 0 bridgehead atoms. The second-order valence-corrected chi connectivity index (χ2v) is 14.9. The molecule has 1 aliphatic heterocycles. The van der Waals surface area contributed by atoms with Gasteiger partial charge in [0.05, 0.1) is 29.7 Å². The predicted octanol–water partition coefficient (Wildman–Crippen LogP) is 4.60. The zero-order valence-corrected chi connectivity index (χ0v) is 24.7. The Kier molecular flexibility index (Phi) is 7.76. The van der Waals surface area contributed by atoms with Crippen LogP contribution in [0.3, 0.4) is 0 Å². The quantitative estimate of drug-likeness (QED) is 0.382. The van der Waals surface area contributed by atoms with Gasteiger partial charge in [0, 0.05) is 23.5 Å². The maximum Gasteiger partial charge on any atom is 0.335 e. The maximum absolute atomic E-state index is 11.9. The minimum atomic E-state index is -3.45. The van der Waals surface area contributed by atoms with E-state index in [1.54, 1.807) is 18.2 Å². The molecule has 2 aromatic rings. The van der Waals surface area contributed by atoms with Crippen LogP contribution in [-0.2, 0) is 21.9 Å². The molecule has 41 heavy (non-hydrogen) atoms. The highest BCUT2D eigenvalue weighted by Crippen LogP contribution is 2.52. The van der Waals surface area contributed by atoms with Gasteiger partial charge < -0.3 is 19.8 Å². The molecule has 6 rings (SSSR count). The van der Waals surface area contributed by atoms with E-state index in [4.69, 9.17) is 21.5 Å². The summed E-state index contributed by atoms with van der Waals surface area (Å²) >= 11 is 6.36. The molecule has 0 radical (unpaired) electrons. The van der Waals surface area contributed by atoms with E-state index in [0.29, 0.717) is 37.8 Å². The first-order valence-electron chi connectivity index (χ1n) is 14.8. The van der Waals surface area contributed by atoms with Crippen LogP contribution < -0.4 is 14.8 Å². The smallest absolute Gasteiger partial charge is 0.335 e. The number of aromatic carboxylic acids is 1. The van der Waals surface area contributed by atoms with Gasteiger partial charge in [0.2, 0.25) is 10.0 Å². The largest absolute Gasteiger partial charge is 0.490 e. The number of anilines is 1. The summed E-state index contributed by atoms with van der Waals surface area (Å²) in [5.41, 5.74) is 3.30. The lowest BCUT2D eigenvalue weighted by molar-refractivity contribution is -0.00180. The van der Waals surface area contributed by atoms with Crippen molar-refractivity contribution >= 4 is 33.3 Å². The van der Waals surface area contributed by atoms with Crippen molar-refractivity contribution in [3.8, 4) is 5.75 Å². The Morgan fingerprint density at radius 3 is 2.73 bits per heavy atom. The monoisotopic (exact) mass is 602 g/mol. The first-order chi connectivity index (χ1) is 19.5. The van der Waals surface area contributed by atoms with Crippen molar-refractivity contribution in [2.24, 2.45) is 28.8 Å². The van der Waals surface area contributed by atoms with Crippen molar-refractivity contribution in [1.29, 1.82) is 0 Å². The molecule has 2 fully saturated rings. The summed E-state index contributed by atoms with van der Waals surface area (Å²) in [6, 6.07) is 11.3. The maximum atomic E-state index is 11.9. The minimum absolute atomic E-state index is 0.00970. The predicted molar refractivity (Wildman–Crippen MR) is 158 cm³/mol. The number of aryl methyl sites for hydroxylation is 1. The Bertz CT molecular complexity index is 1430. The third-order valence-electron chi connectivity index (χ3n) is 10.1. The third-order valence-corrected chi connectivity index (χ3v) is 11.2. The number of carboxylic acids is 1. The van der Waals surface area contributed by atoms with Gasteiger partial charge in [-0.15, -0.1) is 0 Å². The number of carbonyl (C=O) groups is 1. The van der Waals surface area contributed by atoms with Crippen LogP contribution in [0, 0.1) is 23.7 Å². The molecule has 2 saturated carbocycles. The lowest BCUT2D eigenvalue weighted by atomic mass is 9.68.